The Morgan fingerprint density at radius 1 is 1.33 bits per heavy atom. The maximum Gasteiger partial charge on any atom is 0.270 e. The number of hydrogen-bond donors (Lipinski definition) is 1. The first-order valence-electron chi connectivity index (χ1n) is 6.96. The second-order valence-electron chi connectivity index (χ2n) is 4.80. The van der Waals surface area contributed by atoms with E-state index in [0.29, 0.717) is 5.56 Å². The zero-order valence-electron chi connectivity index (χ0n) is 12.7. The summed E-state index contributed by atoms with van der Waals surface area (Å²) in [5.41, 5.74) is 0.413. The summed E-state index contributed by atoms with van der Waals surface area (Å²) in [7, 11) is 0. The van der Waals surface area contributed by atoms with Crippen LogP contribution in [0, 0.1) is 15.9 Å². The van der Waals surface area contributed by atoms with Crippen molar-refractivity contribution >= 4 is 23.5 Å². The topological polar surface area (TPSA) is 93.8 Å². The number of para-hydroxylation sites is 1. The number of rotatable bonds is 6. The van der Waals surface area contributed by atoms with Gasteiger partial charge >= 0.3 is 0 Å². The van der Waals surface area contributed by atoms with Gasteiger partial charge in [-0.2, -0.15) is 0 Å². The summed E-state index contributed by atoms with van der Waals surface area (Å²) in [6, 6.07) is 11.5. The number of nitrogens with one attached hydrogen (secondary N) is 1. The first-order chi connectivity index (χ1) is 11.5. The number of hydrogen-bond acceptors (Lipinski definition) is 5. The molecule has 0 fully saturated rings. The first-order valence-corrected chi connectivity index (χ1v) is 6.96. The van der Waals surface area contributed by atoms with Crippen LogP contribution in [-0.2, 0) is 9.63 Å². The number of halogens is 1. The van der Waals surface area contributed by atoms with Crippen LogP contribution in [0.5, 0.6) is 0 Å². The van der Waals surface area contributed by atoms with Gasteiger partial charge in [-0.15, -0.1) is 0 Å². The molecule has 0 radical (unpaired) electrons. The Morgan fingerprint density at radius 2 is 2.08 bits per heavy atom. The lowest BCUT2D eigenvalue weighted by molar-refractivity contribution is -0.384. The highest BCUT2D eigenvalue weighted by atomic mass is 19.1. The SMILES string of the molecule is C[C@H](O/N=C\c1cccc([N+](=O)[O-])c1)C(=O)Nc1ccccc1F. The lowest BCUT2D eigenvalue weighted by Gasteiger charge is -2.10. The molecule has 1 atom stereocenters. The molecule has 0 aliphatic heterocycles. The third-order valence-corrected chi connectivity index (χ3v) is 3.00. The minimum atomic E-state index is -0.973. The van der Waals surface area contributed by atoms with Gasteiger partial charge in [-0.05, 0) is 19.1 Å². The van der Waals surface area contributed by atoms with E-state index in [0.717, 1.165) is 0 Å². The largest absolute Gasteiger partial charge is 0.383 e. The smallest absolute Gasteiger partial charge is 0.270 e. The van der Waals surface area contributed by atoms with E-state index in [-0.39, 0.29) is 11.4 Å². The average Bonchev–Trinajstić information content (AvgIpc) is 2.57. The van der Waals surface area contributed by atoms with E-state index in [1.807, 2.05) is 0 Å². The highest BCUT2D eigenvalue weighted by molar-refractivity contribution is 5.94. The molecule has 0 bridgehead atoms. The third-order valence-electron chi connectivity index (χ3n) is 3.00. The van der Waals surface area contributed by atoms with Crippen molar-refractivity contribution in [2.45, 2.75) is 13.0 Å². The molecule has 2 aromatic carbocycles. The second-order valence-corrected chi connectivity index (χ2v) is 4.80. The number of benzene rings is 2. The summed E-state index contributed by atoms with van der Waals surface area (Å²) < 4.78 is 13.4. The molecule has 0 unspecified atom stereocenters. The van der Waals surface area contributed by atoms with E-state index in [4.69, 9.17) is 4.84 Å². The van der Waals surface area contributed by atoms with Crippen molar-refractivity contribution in [2.24, 2.45) is 5.16 Å². The zero-order chi connectivity index (χ0) is 17.5. The van der Waals surface area contributed by atoms with Crippen LogP contribution in [0.2, 0.25) is 0 Å². The molecule has 24 heavy (non-hydrogen) atoms. The Balaban J connectivity index is 1.93. The fraction of sp³-hybridized carbons (Fsp3) is 0.125. The number of non-ortho nitro benzene ring substituents is 1. The van der Waals surface area contributed by atoms with Gasteiger partial charge in [0.1, 0.15) is 5.82 Å². The molecule has 0 spiro atoms. The standard InChI is InChI=1S/C16H14FN3O4/c1-11(16(21)19-15-8-3-2-7-14(15)17)24-18-10-12-5-4-6-13(9-12)20(22)23/h2-11H,1H3,(H,19,21)/b18-10-/t11-/m0/s1. The molecular weight excluding hydrogens is 317 g/mol. The van der Waals surface area contributed by atoms with E-state index in [2.05, 4.69) is 10.5 Å². The number of carbonyl (C=O) groups is 1. The molecule has 0 saturated heterocycles. The Labute approximate surface area is 136 Å². The lowest BCUT2D eigenvalue weighted by atomic mass is 10.2. The van der Waals surface area contributed by atoms with Crippen molar-refractivity contribution < 1.29 is 18.9 Å². The number of nitro groups is 1. The molecule has 124 valence electrons. The highest BCUT2D eigenvalue weighted by Gasteiger charge is 2.15. The van der Waals surface area contributed by atoms with Gasteiger partial charge in [-0.25, -0.2) is 4.39 Å². The molecule has 0 saturated carbocycles. The number of carbonyl (C=O) groups excluding carboxylic acids is 1. The number of amides is 1. The van der Waals surface area contributed by atoms with Crippen molar-refractivity contribution in [1.82, 2.24) is 0 Å². The van der Waals surface area contributed by atoms with Gasteiger partial charge in [-0.1, -0.05) is 29.4 Å². The van der Waals surface area contributed by atoms with Crippen LogP contribution >= 0.6 is 0 Å². The molecule has 0 aliphatic rings. The minimum Gasteiger partial charge on any atom is -0.383 e. The van der Waals surface area contributed by atoms with Crippen molar-refractivity contribution in [3.63, 3.8) is 0 Å². The van der Waals surface area contributed by atoms with Gasteiger partial charge in [-0.3, -0.25) is 14.9 Å². The van der Waals surface area contributed by atoms with E-state index >= 15 is 0 Å². The van der Waals surface area contributed by atoms with Gasteiger partial charge in [0.05, 0.1) is 16.8 Å². The van der Waals surface area contributed by atoms with Crippen LogP contribution in [0.1, 0.15) is 12.5 Å². The van der Waals surface area contributed by atoms with Crippen molar-refractivity contribution in [1.29, 1.82) is 0 Å². The van der Waals surface area contributed by atoms with E-state index < -0.39 is 22.8 Å². The maximum absolute atomic E-state index is 13.4. The summed E-state index contributed by atoms with van der Waals surface area (Å²) in [6.45, 7) is 1.45. The number of anilines is 1. The maximum atomic E-state index is 13.4. The molecule has 0 heterocycles. The first kappa shape index (κ1) is 17.1. The molecule has 8 heteroatoms. The molecule has 1 N–H and O–H groups in total. The fourth-order valence-electron chi connectivity index (χ4n) is 1.75. The lowest BCUT2D eigenvalue weighted by Crippen LogP contribution is -2.26. The monoisotopic (exact) mass is 331 g/mol. The summed E-state index contributed by atoms with van der Waals surface area (Å²) >= 11 is 0. The number of nitrogens with zero attached hydrogens (tertiary/aromatic N) is 2. The molecular formula is C16H14FN3O4. The summed E-state index contributed by atoms with van der Waals surface area (Å²) in [6.07, 6.45) is 0.277. The predicted octanol–water partition coefficient (Wildman–Crippen LogP) is 3.11. The Morgan fingerprint density at radius 3 is 2.79 bits per heavy atom. The van der Waals surface area contributed by atoms with E-state index in [9.17, 15) is 19.3 Å². The zero-order valence-corrected chi connectivity index (χ0v) is 12.7. The van der Waals surface area contributed by atoms with Crippen LogP contribution in [0.3, 0.4) is 0 Å². The van der Waals surface area contributed by atoms with E-state index in [1.54, 1.807) is 12.1 Å². The number of oxime groups is 1. The van der Waals surface area contributed by atoms with Crippen LogP contribution < -0.4 is 5.32 Å². The molecule has 1 amide bonds. The molecule has 0 aliphatic carbocycles. The summed E-state index contributed by atoms with van der Waals surface area (Å²) in [5.74, 6) is -1.13. The third kappa shape index (κ3) is 4.60. The molecule has 7 nitrogen and oxygen atoms in total. The normalized spacial score (nSPS) is 11.9. The van der Waals surface area contributed by atoms with Crippen LogP contribution in [0.15, 0.2) is 53.7 Å². The Bertz CT molecular complexity index is 779. The summed E-state index contributed by atoms with van der Waals surface area (Å²) in [4.78, 5) is 27.0. The van der Waals surface area contributed by atoms with Crippen LogP contribution in [0.25, 0.3) is 0 Å². The molecule has 2 aromatic rings. The van der Waals surface area contributed by atoms with Crippen molar-refractivity contribution in [2.75, 3.05) is 5.32 Å². The molecule has 0 aromatic heterocycles. The quantitative estimate of drug-likeness (QED) is 0.500. The van der Waals surface area contributed by atoms with Gasteiger partial charge in [0.25, 0.3) is 11.6 Å². The van der Waals surface area contributed by atoms with Crippen LogP contribution in [-0.4, -0.2) is 23.1 Å². The van der Waals surface area contributed by atoms with Gasteiger partial charge in [0.15, 0.2) is 0 Å². The Hall–Kier alpha value is -3.29. The fourth-order valence-corrected chi connectivity index (χ4v) is 1.75. The highest BCUT2D eigenvalue weighted by Crippen LogP contribution is 2.13. The van der Waals surface area contributed by atoms with Gasteiger partial charge < -0.3 is 10.2 Å². The van der Waals surface area contributed by atoms with Crippen LogP contribution in [0.4, 0.5) is 15.8 Å². The van der Waals surface area contributed by atoms with Crippen molar-refractivity contribution in [3.05, 3.63) is 70.0 Å². The predicted molar refractivity (Wildman–Crippen MR) is 86.3 cm³/mol. The van der Waals surface area contributed by atoms with Gasteiger partial charge in [0, 0.05) is 17.7 Å². The van der Waals surface area contributed by atoms with Gasteiger partial charge in [0.2, 0.25) is 6.10 Å². The Kier molecular flexibility index (Phi) is 5.56. The van der Waals surface area contributed by atoms with Crippen molar-refractivity contribution in [3.8, 4) is 0 Å². The average molecular weight is 331 g/mol. The molecule has 2 rings (SSSR count). The second kappa shape index (κ2) is 7.82. The minimum absolute atomic E-state index is 0.0422. The summed E-state index contributed by atoms with van der Waals surface area (Å²) in [5, 5.41) is 16.7. The van der Waals surface area contributed by atoms with E-state index in [1.165, 1.54) is 49.5 Å². The number of nitro benzene ring substituents is 1.